The van der Waals surface area contributed by atoms with Crippen molar-refractivity contribution in [2.24, 2.45) is 0 Å². The second-order valence-electron chi connectivity index (χ2n) is 2.72. The van der Waals surface area contributed by atoms with Gasteiger partial charge in [0.05, 0.1) is 6.61 Å². The summed E-state index contributed by atoms with van der Waals surface area (Å²) in [6.45, 7) is 5.09. The van der Waals surface area contributed by atoms with Crippen LogP contribution < -0.4 is 0 Å². The van der Waals surface area contributed by atoms with E-state index in [2.05, 4.69) is 28.7 Å². The van der Waals surface area contributed by atoms with Crippen molar-refractivity contribution >= 4 is 11.3 Å². The maximum absolute atomic E-state index is 8.76. The highest BCUT2D eigenvalue weighted by atomic mass is 32.1. The fourth-order valence-electron chi connectivity index (χ4n) is 1.13. The lowest BCUT2D eigenvalue weighted by molar-refractivity contribution is 0.197. The van der Waals surface area contributed by atoms with Gasteiger partial charge in [0, 0.05) is 13.1 Å². The molecule has 1 rings (SSSR count). The number of aliphatic hydroxyl groups is 1. The quantitative estimate of drug-likeness (QED) is 0.752. The number of likely N-dealkylation sites (N-methyl/N-ethyl adjacent to an activating group) is 1. The third-order valence-corrected chi connectivity index (χ3v) is 2.58. The molecule has 3 heteroatoms. The minimum absolute atomic E-state index is 0.248. The average molecular weight is 185 g/mol. The zero-order chi connectivity index (χ0) is 8.81. The lowest BCUT2D eigenvalue weighted by Gasteiger charge is -2.17. The highest BCUT2D eigenvalue weighted by Gasteiger charge is 2.01. The molecule has 0 amide bonds. The maximum atomic E-state index is 8.76. The van der Waals surface area contributed by atoms with Gasteiger partial charge < -0.3 is 5.11 Å². The Hall–Kier alpha value is -0.380. The molecule has 0 fully saturated rings. The Morgan fingerprint density at radius 2 is 2.42 bits per heavy atom. The molecule has 0 spiro atoms. The molecule has 2 nitrogen and oxygen atoms in total. The number of rotatable bonds is 5. The van der Waals surface area contributed by atoms with Gasteiger partial charge in [-0.1, -0.05) is 6.92 Å². The minimum atomic E-state index is 0.248. The Balaban J connectivity index is 2.37. The standard InChI is InChI=1S/C9H15NOS/c1-2-10(4-5-11)7-9-3-6-12-8-9/h3,6,8,11H,2,4-5,7H2,1H3. The number of hydrogen-bond donors (Lipinski definition) is 1. The average Bonchev–Trinajstić information content (AvgIpc) is 2.56. The molecule has 0 unspecified atom stereocenters. The van der Waals surface area contributed by atoms with Gasteiger partial charge >= 0.3 is 0 Å². The topological polar surface area (TPSA) is 23.5 Å². The molecule has 0 atom stereocenters. The first-order chi connectivity index (χ1) is 5.86. The number of hydrogen-bond acceptors (Lipinski definition) is 3. The van der Waals surface area contributed by atoms with Crippen molar-refractivity contribution in [1.29, 1.82) is 0 Å². The highest BCUT2D eigenvalue weighted by Crippen LogP contribution is 2.08. The Morgan fingerprint density at radius 3 is 2.92 bits per heavy atom. The Bertz CT molecular complexity index is 198. The van der Waals surface area contributed by atoms with Crippen molar-refractivity contribution in [2.75, 3.05) is 19.7 Å². The molecule has 0 aliphatic rings. The number of aliphatic hydroxyl groups excluding tert-OH is 1. The molecule has 12 heavy (non-hydrogen) atoms. The largest absolute Gasteiger partial charge is 0.395 e. The molecule has 0 saturated heterocycles. The van der Waals surface area contributed by atoms with Gasteiger partial charge in [0.15, 0.2) is 0 Å². The Kier molecular flexibility index (Phi) is 4.29. The van der Waals surface area contributed by atoms with Crippen molar-refractivity contribution < 1.29 is 5.11 Å². The number of thiophene rings is 1. The van der Waals surface area contributed by atoms with E-state index in [1.807, 2.05) is 0 Å². The van der Waals surface area contributed by atoms with Crippen LogP contribution in [0, 0.1) is 0 Å². The Morgan fingerprint density at radius 1 is 1.58 bits per heavy atom. The van der Waals surface area contributed by atoms with E-state index in [-0.39, 0.29) is 6.61 Å². The van der Waals surface area contributed by atoms with Crippen LogP contribution in [0.15, 0.2) is 16.8 Å². The van der Waals surface area contributed by atoms with Gasteiger partial charge in [0.25, 0.3) is 0 Å². The normalized spacial score (nSPS) is 10.9. The van der Waals surface area contributed by atoms with E-state index >= 15 is 0 Å². The molecule has 1 aromatic rings. The van der Waals surface area contributed by atoms with Gasteiger partial charge in [-0.15, -0.1) is 0 Å². The molecular formula is C9H15NOS. The van der Waals surface area contributed by atoms with E-state index in [1.54, 1.807) is 11.3 Å². The first-order valence-electron chi connectivity index (χ1n) is 4.21. The van der Waals surface area contributed by atoms with Crippen LogP contribution in [0.5, 0.6) is 0 Å². The second-order valence-corrected chi connectivity index (χ2v) is 3.50. The zero-order valence-corrected chi connectivity index (χ0v) is 8.18. The first kappa shape index (κ1) is 9.71. The van der Waals surface area contributed by atoms with Crippen LogP contribution >= 0.6 is 11.3 Å². The van der Waals surface area contributed by atoms with Crippen LogP contribution in [0.25, 0.3) is 0 Å². The predicted octanol–water partition coefficient (Wildman–Crippen LogP) is 1.56. The summed E-state index contributed by atoms with van der Waals surface area (Å²) in [6.07, 6.45) is 0. The van der Waals surface area contributed by atoms with Crippen molar-refractivity contribution in [2.45, 2.75) is 13.5 Å². The summed E-state index contributed by atoms with van der Waals surface area (Å²) < 4.78 is 0. The summed E-state index contributed by atoms with van der Waals surface area (Å²) >= 11 is 1.72. The lowest BCUT2D eigenvalue weighted by Crippen LogP contribution is -2.25. The van der Waals surface area contributed by atoms with Gasteiger partial charge in [0.1, 0.15) is 0 Å². The van der Waals surface area contributed by atoms with E-state index in [1.165, 1.54) is 5.56 Å². The summed E-state index contributed by atoms with van der Waals surface area (Å²) in [5, 5.41) is 13.0. The van der Waals surface area contributed by atoms with Crippen LogP contribution in [0.3, 0.4) is 0 Å². The van der Waals surface area contributed by atoms with E-state index in [4.69, 9.17) is 5.11 Å². The third kappa shape index (κ3) is 2.93. The first-order valence-corrected chi connectivity index (χ1v) is 5.15. The van der Waals surface area contributed by atoms with E-state index in [0.29, 0.717) is 0 Å². The maximum Gasteiger partial charge on any atom is 0.0558 e. The van der Waals surface area contributed by atoms with E-state index < -0.39 is 0 Å². The van der Waals surface area contributed by atoms with Crippen LogP contribution in [0.2, 0.25) is 0 Å². The van der Waals surface area contributed by atoms with Crippen molar-refractivity contribution in [1.82, 2.24) is 4.90 Å². The molecule has 0 bridgehead atoms. The molecular weight excluding hydrogens is 170 g/mol. The zero-order valence-electron chi connectivity index (χ0n) is 7.36. The van der Waals surface area contributed by atoms with Crippen molar-refractivity contribution in [3.8, 4) is 0 Å². The second kappa shape index (κ2) is 5.30. The highest BCUT2D eigenvalue weighted by molar-refractivity contribution is 7.07. The molecule has 0 aliphatic heterocycles. The summed E-state index contributed by atoms with van der Waals surface area (Å²) in [5.41, 5.74) is 1.34. The summed E-state index contributed by atoms with van der Waals surface area (Å²) in [7, 11) is 0. The van der Waals surface area contributed by atoms with Gasteiger partial charge in [-0.25, -0.2) is 0 Å². The van der Waals surface area contributed by atoms with Gasteiger partial charge in [0.2, 0.25) is 0 Å². The predicted molar refractivity (Wildman–Crippen MR) is 52.4 cm³/mol. The smallest absolute Gasteiger partial charge is 0.0558 e. The fourth-order valence-corrected chi connectivity index (χ4v) is 1.79. The molecule has 0 aromatic carbocycles. The van der Waals surface area contributed by atoms with Gasteiger partial charge in [-0.2, -0.15) is 11.3 Å². The summed E-state index contributed by atoms with van der Waals surface area (Å²) in [6, 6.07) is 2.13. The Labute approximate surface area is 77.5 Å². The van der Waals surface area contributed by atoms with Gasteiger partial charge in [-0.05, 0) is 28.9 Å². The fraction of sp³-hybridized carbons (Fsp3) is 0.556. The van der Waals surface area contributed by atoms with E-state index in [0.717, 1.165) is 19.6 Å². The molecule has 0 saturated carbocycles. The third-order valence-electron chi connectivity index (χ3n) is 1.85. The van der Waals surface area contributed by atoms with Crippen LogP contribution in [0.4, 0.5) is 0 Å². The van der Waals surface area contributed by atoms with Gasteiger partial charge in [-0.3, -0.25) is 4.90 Å². The van der Waals surface area contributed by atoms with Crippen molar-refractivity contribution in [3.63, 3.8) is 0 Å². The van der Waals surface area contributed by atoms with Crippen LogP contribution in [-0.4, -0.2) is 29.7 Å². The summed E-state index contributed by atoms with van der Waals surface area (Å²) in [5.74, 6) is 0. The lowest BCUT2D eigenvalue weighted by atomic mass is 10.3. The monoisotopic (exact) mass is 185 g/mol. The minimum Gasteiger partial charge on any atom is -0.395 e. The molecule has 1 aromatic heterocycles. The number of nitrogens with zero attached hydrogens (tertiary/aromatic N) is 1. The molecule has 68 valence electrons. The molecule has 0 radical (unpaired) electrons. The van der Waals surface area contributed by atoms with Crippen molar-refractivity contribution in [3.05, 3.63) is 22.4 Å². The summed E-state index contributed by atoms with van der Waals surface area (Å²) in [4.78, 5) is 2.22. The van der Waals surface area contributed by atoms with E-state index in [9.17, 15) is 0 Å². The molecule has 1 heterocycles. The molecule has 1 N–H and O–H groups in total. The van der Waals surface area contributed by atoms with Crippen LogP contribution in [-0.2, 0) is 6.54 Å². The molecule has 0 aliphatic carbocycles. The van der Waals surface area contributed by atoms with Crippen LogP contribution in [0.1, 0.15) is 12.5 Å². The SMILES string of the molecule is CCN(CCO)Cc1ccsc1.